The summed E-state index contributed by atoms with van der Waals surface area (Å²) in [7, 11) is 0. The fourth-order valence-electron chi connectivity index (χ4n) is 0.827. The minimum Gasteiger partial charge on any atom is -0.368 e. The van der Waals surface area contributed by atoms with Crippen LogP contribution in [0.5, 0.6) is 0 Å². The fraction of sp³-hybridized carbons (Fsp3) is 0.286. The molecule has 2 N–H and O–H groups in total. The lowest BCUT2D eigenvalue weighted by atomic mass is 10.00. The summed E-state index contributed by atoms with van der Waals surface area (Å²) in [4.78, 5) is 10.8. The molecule has 0 bridgehead atoms. The lowest BCUT2D eigenvalue weighted by molar-refractivity contribution is -0.118. The number of carbonyl (C=O) groups excluding carboxylic acids is 1. The second-order valence-corrected chi connectivity index (χ2v) is 5.15. The van der Waals surface area contributed by atoms with E-state index >= 15 is 0 Å². The number of halogens is 3. The Morgan fingerprint density at radius 1 is 1.75 bits per heavy atom. The quantitative estimate of drug-likeness (QED) is 0.740. The number of hydrogen-bond donors (Lipinski definition) is 1. The van der Waals surface area contributed by atoms with Crippen LogP contribution < -0.4 is 5.73 Å². The molecular formula is C7H6Br2ClNO. The number of rotatable bonds is 1. The third-order valence-electron chi connectivity index (χ3n) is 1.57. The van der Waals surface area contributed by atoms with Crippen LogP contribution in [0.2, 0.25) is 0 Å². The van der Waals surface area contributed by atoms with Crippen LogP contribution in [0.4, 0.5) is 0 Å². The monoisotopic (exact) mass is 313 g/mol. The Hall–Kier alpha value is 0.200. The summed E-state index contributed by atoms with van der Waals surface area (Å²) in [5.41, 5.74) is 5.20. The van der Waals surface area contributed by atoms with Crippen LogP contribution in [0.3, 0.4) is 0 Å². The van der Waals surface area contributed by atoms with Crippen molar-refractivity contribution >= 4 is 49.4 Å². The molecule has 5 heteroatoms. The van der Waals surface area contributed by atoms with Crippen LogP contribution in [0.25, 0.3) is 0 Å². The third-order valence-corrected chi connectivity index (χ3v) is 4.57. The van der Waals surface area contributed by atoms with Gasteiger partial charge in [-0.2, -0.15) is 0 Å². The molecule has 66 valence electrons. The molecule has 1 rings (SSSR count). The molecule has 0 spiro atoms. The topological polar surface area (TPSA) is 43.1 Å². The van der Waals surface area contributed by atoms with Crippen molar-refractivity contribution in [2.45, 2.75) is 9.15 Å². The number of primary amides is 1. The predicted octanol–water partition coefficient (Wildman–Crippen LogP) is 2.06. The molecule has 0 saturated heterocycles. The highest BCUT2D eigenvalue weighted by atomic mass is 79.9. The average Bonchev–Trinajstić information content (AvgIpc) is 1.97. The first-order valence-electron chi connectivity index (χ1n) is 3.16. The van der Waals surface area contributed by atoms with Gasteiger partial charge >= 0.3 is 0 Å². The van der Waals surface area contributed by atoms with Crippen molar-refractivity contribution in [2.75, 3.05) is 0 Å². The van der Waals surface area contributed by atoms with Gasteiger partial charge < -0.3 is 5.73 Å². The van der Waals surface area contributed by atoms with Crippen LogP contribution in [-0.2, 0) is 4.79 Å². The van der Waals surface area contributed by atoms with E-state index in [1.165, 1.54) is 0 Å². The van der Waals surface area contributed by atoms with Crippen LogP contribution in [0.15, 0.2) is 23.3 Å². The Morgan fingerprint density at radius 2 is 2.33 bits per heavy atom. The van der Waals surface area contributed by atoms with Gasteiger partial charge in [-0.05, 0) is 12.2 Å². The summed E-state index contributed by atoms with van der Waals surface area (Å²) in [5.74, 6) is -0.443. The Bertz CT molecular complexity index is 277. The second-order valence-electron chi connectivity index (χ2n) is 2.42. The molecule has 0 aromatic heterocycles. The fourth-order valence-corrected chi connectivity index (χ4v) is 2.10. The molecule has 0 aromatic carbocycles. The van der Waals surface area contributed by atoms with E-state index in [1.54, 1.807) is 18.2 Å². The highest BCUT2D eigenvalue weighted by Gasteiger charge is 2.38. The molecule has 0 heterocycles. The SMILES string of the molecule is NC(=O)C1(Br)C=CC(Cl)=CC1Br. The van der Waals surface area contributed by atoms with Crippen LogP contribution in [0.1, 0.15) is 0 Å². The van der Waals surface area contributed by atoms with E-state index in [9.17, 15) is 4.79 Å². The number of nitrogens with two attached hydrogens (primary N) is 1. The molecule has 2 nitrogen and oxygen atoms in total. The van der Waals surface area contributed by atoms with Gasteiger partial charge in [-0.15, -0.1) is 0 Å². The van der Waals surface area contributed by atoms with Gasteiger partial charge in [0.2, 0.25) is 5.91 Å². The highest BCUT2D eigenvalue weighted by molar-refractivity contribution is 9.13. The van der Waals surface area contributed by atoms with Crippen molar-refractivity contribution in [1.29, 1.82) is 0 Å². The number of carbonyl (C=O) groups is 1. The maximum Gasteiger partial charge on any atom is 0.239 e. The average molecular weight is 315 g/mol. The molecule has 0 radical (unpaired) electrons. The highest BCUT2D eigenvalue weighted by Crippen LogP contribution is 2.35. The molecule has 1 aliphatic rings. The maximum atomic E-state index is 11.0. The minimum atomic E-state index is -0.856. The molecule has 12 heavy (non-hydrogen) atoms. The van der Waals surface area contributed by atoms with E-state index in [2.05, 4.69) is 31.9 Å². The summed E-state index contributed by atoms with van der Waals surface area (Å²) in [6, 6.07) is 0. The molecule has 0 fully saturated rings. The molecule has 0 aliphatic heterocycles. The van der Waals surface area contributed by atoms with Gasteiger partial charge in [0, 0.05) is 5.03 Å². The number of alkyl halides is 2. The van der Waals surface area contributed by atoms with E-state index < -0.39 is 10.2 Å². The second kappa shape index (κ2) is 3.52. The molecule has 0 saturated carbocycles. The zero-order valence-electron chi connectivity index (χ0n) is 5.93. The van der Waals surface area contributed by atoms with Crippen molar-refractivity contribution in [2.24, 2.45) is 5.73 Å². The van der Waals surface area contributed by atoms with E-state index in [1.807, 2.05) is 0 Å². The Morgan fingerprint density at radius 3 is 2.75 bits per heavy atom. The Kier molecular flexibility index (Phi) is 3.01. The van der Waals surface area contributed by atoms with Gasteiger partial charge in [0.05, 0.1) is 4.83 Å². The Balaban J connectivity index is 2.99. The molecule has 1 amide bonds. The first kappa shape index (κ1) is 10.3. The standard InChI is InChI=1S/C7H6Br2ClNO/c8-5-3-4(10)1-2-7(5,9)6(11)12/h1-3,5H,(H2,11,12). The van der Waals surface area contributed by atoms with Gasteiger partial charge in [0.15, 0.2) is 0 Å². The lowest BCUT2D eigenvalue weighted by Gasteiger charge is -2.26. The summed E-state index contributed by atoms with van der Waals surface area (Å²) in [6.07, 6.45) is 4.98. The molecule has 0 aromatic rings. The molecule has 1 aliphatic carbocycles. The van der Waals surface area contributed by atoms with Crippen LogP contribution >= 0.6 is 43.5 Å². The summed E-state index contributed by atoms with van der Waals surface area (Å²) < 4.78 is -0.856. The van der Waals surface area contributed by atoms with E-state index in [4.69, 9.17) is 17.3 Å². The number of hydrogen-bond acceptors (Lipinski definition) is 1. The minimum absolute atomic E-state index is 0.208. The summed E-state index contributed by atoms with van der Waals surface area (Å²) >= 11 is 12.2. The Labute approximate surface area is 92.1 Å². The van der Waals surface area contributed by atoms with Crippen LogP contribution in [0, 0.1) is 0 Å². The first-order chi connectivity index (χ1) is 5.47. The third kappa shape index (κ3) is 1.75. The largest absolute Gasteiger partial charge is 0.368 e. The van der Waals surface area contributed by atoms with Crippen molar-refractivity contribution in [3.8, 4) is 0 Å². The molecule has 2 unspecified atom stereocenters. The van der Waals surface area contributed by atoms with Gasteiger partial charge in [-0.1, -0.05) is 49.5 Å². The first-order valence-corrected chi connectivity index (χ1v) is 5.25. The van der Waals surface area contributed by atoms with Crippen molar-refractivity contribution in [1.82, 2.24) is 0 Å². The summed E-state index contributed by atoms with van der Waals surface area (Å²) in [5, 5.41) is 0.591. The number of allylic oxidation sites excluding steroid dienone is 3. The van der Waals surface area contributed by atoms with Crippen molar-refractivity contribution in [3.63, 3.8) is 0 Å². The van der Waals surface area contributed by atoms with Gasteiger partial charge in [0.1, 0.15) is 4.32 Å². The zero-order valence-corrected chi connectivity index (χ0v) is 9.86. The lowest BCUT2D eigenvalue weighted by Crippen LogP contribution is -2.44. The van der Waals surface area contributed by atoms with Crippen molar-refractivity contribution in [3.05, 3.63) is 23.3 Å². The maximum absolute atomic E-state index is 11.0. The van der Waals surface area contributed by atoms with Gasteiger partial charge in [-0.25, -0.2) is 0 Å². The number of amides is 1. The van der Waals surface area contributed by atoms with E-state index in [0.717, 1.165) is 0 Å². The van der Waals surface area contributed by atoms with E-state index in [0.29, 0.717) is 5.03 Å². The molecular weight excluding hydrogens is 309 g/mol. The van der Waals surface area contributed by atoms with E-state index in [-0.39, 0.29) is 4.83 Å². The van der Waals surface area contributed by atoms with Gasteiger partial charge in [-0.3, -0.25) is 4.79 Å². The van der Waals surface area contributed by atoms with Gasteiger partial charge in [0.25, 0.3) is 0 Å². The smallest absolute Gasteiger partial charge is 0.239 e. The van der Waals surface area contributed by atoms with Crippen LogP contribution in [-0.4, -0.2) is 15.1 Å². The zero-order chi connectivity index (χ0) is 9.35. The van der Waals surface area contributed by atoms with Crippen molar-refractivity contribution < 1.29 is 4.79 Å². The normalized spacial score (nSPS) is 34.6. The predicted molar refractivity (Wildman–Crippen MR) is 56.6 cm³/mol. The summed E-state index contributed by atoms with van der Waals surface area (Å²) in [6.45, 7) is 0. The molecule has 2 atom stereocenters.